The van der Waals surface area contributed by atoms with Crippen LogP contribution >= 0.6 is 0 Å². The normalized spacial score (nSPS) is 10.8. The fourth-order valence-electron chi connectivity index (χ4n) is 2.15. The Balaban J connectivity index is 1.66. The molecule has 0 fully saturated rings. The van der Waals surface area contributed by atoms with Crippen molar-refractivity contribution in [1.29, 1.82) is 0 Å². The number of benzene rings is 1. The number of fused-ring (bicyclic) bond motifs is 1. The lowest BCUT2D eigenvalue weighted by atomic mass is 10.1. The smallest absolute Gasteiger partial charge is 0.243 e. The minimum absolute atomic E-state index is 0.340. The molecule has 6 heteroatoms. The summed E-state index contributed by atoms with van der Waals surface area (Å²) in [4.78, 5) is 4.27. The van der Waals surface area contributed by atoms with Gasteiger partial charge in [0.1, 0.15) is 11.6 Å². The van der Waals surface area contributed by atoms with E-state index < -0.39 is 0 Å². The van der Waals surface area contributed by atoms with Gasteiger partial charge in [0.25, 0.3) is 0 Å². The summed E-state index contributed by atoms with van der Waals surface area (Å²) < 4.78 is 19.8. The van der Waals surface area contributed by atoms with Crippen molar-refractivity contribution in [2.24, 2.45) is 0 Å². The molecule has 0 amide bonds. The van der Waals surface area contributed by atoms with Gasteiger partial charge in [0.15, 0.2) is 5.65 Å². The Labute approximate surface area is 121 Å². The van der Waals surface area contributed by atoms with Gasteiger partial charge in [-0.2, -0.15) is 4.98 Å². The van der Waals surface area contributed by atoms with Crippen molar-refractivity contribution in [3.8, 4) is 5.75 Å². The Kier molecular flexibility index (Phi) is 3.68. The number of nitrogens with one attached hydrogen (secondary N) is 1. The van der Waals surface area contributed by atoms with E-state index >= 15 is 0 Å². The number of pyridine rings is 1. The summed E-state index contributed by atoms with van der Waals surface area (Å²) in [6.45, 7) is 0.666. The van der Waals surface area contributed by atoms with E-state index in [0.29, 0.717) is 18.1 Å². The Morgan fingerprint density at radius 1 is 1.24 bits per heavy atom. The molecule has 0 saturated carbocycles. The number of para-hydroxylation sites is 1. The number of halogens is 1. The van der Waals surface area contributed by atoms with Crippen LogP contribution in [-0.4, -0.2) is 28.3 Å². The SMILES string of the molecule is COc1ccccc1CCNc1nc2ccc(F)cn2n1. The van der Waals surface area contributed by atoms with Gasteiger partial charge in [-0.25, -0.2) is 8.91 Å². The molecule has 1 N–H and O–H groups in total. The van der Waals surface area contributed by atoms with Crippen LogP contribution < -0.4 is 10.1 Å². The predicted molar refractivity (Wildman–Crippen MR) is 78.1 cm³/mol. The number of nitrogens with zero attached hydrogens (tertiary/aromatic N) is 3. The van der Waals surface area contributed by atoms with E-state index in [4.69, 9.17) is 4.74 Å². The van der Waals surface area contributed by atoms with E-state index in [2.05, 4.69) is 15.4 Å². The summed E-state index contributed by atoms with van der Waals surface area (Å²) in [7, 11) is 1.66. The van der Waals surface area contributed by atoms with Crippen molar-refractivity contribution >= 4 is 11.6 Å². The minimum atomic E-state index is -0.340. The average Bonchev–Trinajstić information content (AvgIpc) is 2.89. The molecule has 21 heavy (non-hydrogen) atoms. The topological polar surface area (TPSA) is 51.5 Å². The van der Waals surface area contributed by atoms with E-state index in [0.717, 1.165) is 17.7 Å². The number of methoxy groups -OCH3 is 1. The van der Waals surface area contributed by atoms with Gasteiger partial charge in [-0.15, -0.1) is 5.10 Å². The number of rotatable bonds is 5. The molecule has 0 atom stereocenters. The molecule has 0 aliphatic rings. The van der Waals surface area contributed by atoms with Crippen LogP contribution in [0.2, 0.25) is 0 Å². The largest absolute Gasteiger partial charge is 0.496 e. The molecule has 0 saturated heterocycles. The lowest BCUT2D eigenvalue weighted by Gasteiger charge is -2.07. The van der Waals surface area contributed by atoms with Crippen LogP contribution in [0.5, 0.6) is 5.75 Å². The maximum absolute atomic E-state index is 13.1. The Hall–Kier alpha value is -2.63. The van der Waals surface area contributed by atoms with Crippen molar-refractivity contribution in [1.82, 2.24) is 14.6 Å². The second-order valence-corrected chi connectivity index (χ2v) is 4.57. The molecule has 1 aromatic carbocycles. The molecule has 0 radical (unpaired) electrons. The molecular formula is C15H15FN4O. The maximum atomic E-state index is 13.1. The maximum Gasteiger partial charge on any atom is 0.243 e. The molecule has 0 unspecified atom stereocenters. The van der Waals surface area contributed by atoms with Crippen LogP contribution in [0, 0.1) is 5.82 Å². The highest BCUT2D eigenvalue weighted by atomic mass is 19.1. The first-order valence-electron chi connectivity index (χ1n) is 6.64. The summed E-state index contributed by atoms with van der Waals surface area (Å²) >= 11 is 0. The zero-order valence-corrected chi connectivity index (χ0v) is 11.6. The summed E-state index contributed by atoms with van der Waals surface area (Å²) in [5, 5.41) is 7.30. The molecule has 0 bridgehead atoms. The van der Waals surface area contributed by atoms with Gasteiger partial charge in [0.05, 0.1) is 13.3 Å². The van der Waals surface area contributed by atoms with Gasteiger partial charge < -0.3 is 10.1 Å². The summed E-state index contributed by atoms with van der Waals surface area (Å²) in [6, 6.07) is 10.8. The molecule has 0 aliphatic heterocycles. The molecule has 5 nitrogen and oxygen atoms in total. The van der Waals surface area contributed by atoms with Gasteiger partial charge in [0, 0.05) is 6.54 Å². The molecule has 3 aromatic rings. The van der Waals surface area contributed by atoms with Crippen molar-refractivity contribution < 1.29 is 9.13 Å². The Bertz CT molecular complexity index is 756. The Morgan fingerprint density at radius 2 is 2.10 bits per heavy atom. The highest BCUT2D eigenvalue weighted by Crippen LogP contribution is 2.17. The quantitative estimate of drug-likeness (QED) is 0.783. The summed E-state index contributed by atoms with van der Waals surface area (Å²) in [5.41, 5.74) is 1.72. The summed E-state index contributed by atoms with van der Waals surface area (Å²) in [6.07, 6.45) is 2.08. The van der Waals surface area contributed by atoms with Crippen molar-refractivity contribution in [3.63, 3.8) is 0 Å². The molecule has 3 rings (SSSR count). The average molecular weight is 286 g/mol. The number of hydrogen-bond acceptors (Lipinski definition) is 4. The lowest BCUT2D eigenvalue weighted by molar-refractivity contribution is 0.410. The van der Waals surface area contributed by atoms with Crippen LogP contribution in [0.25, 0.3) is 5.65 Å². The zero-order chi connectivity index (χ0) is 14.7. The highest BCUT2D eigenvalue weighted by molar-refractivity contribution is 5.43. The van der Waals surface area contributed by atoms with Crippen LogP contribution in [0.15, 0.2) is 42.6 Å². The lowest BCUT2D eigenvalue weighted by Crippen LogP contribution is -2.07. The van der Waals surface area contributed by atoms with E-state index in [1.807, 2.05) is 24.3 Å². The number of hydrogen-bond donors (Lipinski definition) is 1. The third-order valence-electron chi connectivity index (χ3n) is 3.16. The van der Waals surface area contributed by atoms with Crippen molar-refractivity contribution in [2.75, 3.05) is 19.0 Å². The third kappa shape index (κ3) is 2.94. The summed E-state index contributed by atoms with van der Waals surface area (Å²) in [5.74, 6) is 1.01. The second kappa shape index (κ2) is 5.78. The first-order valence-corrected chi connectivity index (χ1v) is 6.64. The van der Waals surface area contributed by atoms with E-state index in [1.165, 1.54) is 16.8 Å². The van der Waals surface area contributed by atoms with Crippen molar-refractivity contribution in [2.45, 2.75) is 6.42 Å². The molecule has 0 aliphatic carbocycles. The fraction of sp³-hybridized carbons (Fsp3) is 0.200. The minimum Gasteiger partial charge on any atom is -0.496 e. The number of aromatic nitrogens is 3. The van der Waals surface area contributed by atoms with Crippen LogP contribution in [0.4, 0.5) is 10.3 Å². The molecular weight excluding hydrogens is 271 g/mol. The zero-order valence-electron chi connectivity index (χ0n) is 11.6. The van der Waals surface area contributed by atoms with Gasteiger partial charge >= 0.3 is 0 Å². The van der Waals surface area contributed by atoms with Crippen LogP contribution in [0.3, 0.4) is 0 Å². The predicted octanol–water partition coefficient (Wildman–Crippen LogP) is 2.53. The van der Waals surface area contributed by atoms with Gasteiger partial charge in [-0.05, 0) is 30.2 Å². The van der Waals surface area contributed by atoms with E-state index in [-0.39, 0.29) is 5.82 Å². The molecule has 108 valence electrons. The van der Waals surface area contributed by atoms with Gasteiger partial charge in [-0.3, -0.25) is 0 Å². The molecule has 2 aromatic heterocycles. The van der Waals surface area contributed by atoms with E-state index in [9.17, 15) is 4.39 Å². The van der Waals surface area contributed by atoms with Crippen LogP contribution in [0.1, 0.15) is 5.56 Å². The first-order chi connectivity index (χ1) is 10.3. The number of ether oxygens (including phenoxy) is 1. The molecule has 2 heterocycles. The molecule has 0 spiro atoms. The van der Waals surface area contributed by atoms with E-state index in [1.54, 1.807) is 13.2 Å². The standard InChI is InChI=1S/C15H15FN4O/c1-21-13-5-3-2-4-11(13)8-9-17-15-18-14-7-6-12(16)10-20(14)19-15/h2-7,10H,8-9H2,1H3,(H,17,19). The van der Waals surface area contributed by atoms with Gasteiger partial charge in [-0.1, -0.05) is 18.2 Å². The van der Waals surface area contributed by atoms with Crippen LogP contribution in [-0.2, 0) is 6.42 Å². The number of anilines is 1. The Morgan fingerprint density at radius 3 is 2.95 bits per heavy atom. The monoisotopic (exact) mass is 286 g/mol. The third-order valence-corrected chi connectivity index (χ3v) is 3.16. The van der Waals surface area contributed by atoms with Crippen molar-refractivity contribution in [3.05, 3.63) is 54.0 Å². The fourth-order valence-corrected chi connectivity index (χ4v) is 2.15. The first kappa shape index (κ1) is 13.4. The second-order valence-electron chi connectivity index (χ2n) is 4.57. The van der Waals surface area contributed by atoms with Gasteiger partial charge in [0.2, 0.25) is 5.95 Å². The highest BCUT2D eigenvalue weighted by Gasteiger charge is 2.05.